The molecular formula is C19H22N2O3. The number of nitrogens with one attached hydrogen (secondary N) is 1. The van der Waals surface area contributed by atoms with Gasteiger partial charge in [0.15, 0.2) is 0 Å². The molecule has 1 aliphatic rings. The van der Waals surface area contributed by atoms with E-state index in [1.54, 1.807) is 6.20 Å². The van der Waals surface area contributed by atoms with E-state index in [1.165, 1.54) is 0 Å². The van der Waals surface area contributed by atoms with E-state index in [0.717, 1.165) is 22.4 Å². The van der Waals surface area contributed by atoms with Gasteiger partial charge in [-0.15, -0.1) is 0 Å². The van der Waals surface area contributed by atoms with Crippen molar-refractivity contribution >= 4 is 11.8 Å². The molecule has 1 amide bonds. The molecule has 126 valence electrons. The van der Waals surface area contributed by atoms with Gasteiger partial charge in [0.2, 0.25) is 0 Å². The largest absolute Gasteiger partial charge is 0.482 e. The third kappa shape index (κ3) is 3.20. The third-order valence-corrected chi connectivity index (χ3v) is 3.75. The van der Waals surface area contributed by atoms with E-state index in [9.17, 15) is 4.79 Å². The van der Waals surface area contributed by atoms with Crippen molar-refractivity contribution in [3.8, 4) is 16.9 Å². The normalized spacial score (nSPS) is 14.9. The van der Waals surface area contributed by atoms with Crippen LogP contribution < -0.4 is 10.1 Å². The SMILES string of the molecule is CC(C)(C)OC(=O)Nc1ccc2c(c1)OC(C)(C)c1cnccc1-2. The highest BCUT2D eigenvalue weighted by molar-refractivity contribution is 5.87. The first kappa shape index (κ1) is 16.3. The van der Waals surface area contributed by atoms with Crippen LogP contribution in [-0.2, 0) is 10.3 Å². The minimum atomic E-state index is -0.539. The number of ether oxygens (including phenoxy) is 2. The zero-order valence-electron chi connectivity index (χ0n) is 14.6. The topological polar surface area (TPSA) is 60.5 Å². The second-order valence-electron chi connectivity index (χ2n) is 7.37. The molecule has 0 unspecified atom stereocenters. The number of fused-ring (bicyclic) bond motifs is 3. The highest BCUT2D eigenvalue weighted by Gasteiger charge is 2.32. The smallest absolute Gasteiger partial charge is 0.412 e. The average molecular weight is 326 g/mol. The summed E-state index contributed by atoms with van der Waals surface area (Å²) in [6.07, 6.45) is 3.13. The Kier molecular flexibility index (Phi) is 3.74. The summed E-state index contributed by atoms with van der Waals surface area (Å²) >= 11 is 0. The Balaban J connectivity index is 1.92. The van der Waals surface area contributed by atoms with Crippen molar-refractivity contribution in [3.05, 3.63) is 42.2 Å². The van der Waals surface area contributed by atoms with Crippen LogP contribution in [0.15, 0.2) is 36.7 Å². The maximum atomic E-state index is 11.9. The van der Waals surface area contributed by atoms with Crippen molar-refractivity contribution in [2.45, 2.75) is 45.8 Å². The van der Waals surface area contributed by atoms with E-state index in [-0.39, 0.29) is 0 Å². The van der Waals surface area contributed by atoms with Crippen LogP contribution in [0.1, 0.15) is 40.2 Å². The number of pyridine rings is 1. The molecule has 1 aliphatic heterocycles. The fourth-order valence-electron chi connectivity index (χ4n) is 2.77. The number of hydrogen-bond donors (Lipinski definition) is 1. The Morgan fingerprint density at radius 1 is 1.21 bits per heavy atom. The lowest BCUT2D eigenvalue weighted by Crippen LogP contribution is -2.30. The molecule has 2 heterocycles. The number of amides is 1. The molecule has 24 heavy (non-hydrogen) atoms. The standard InChI is InChI=1S/C19H22N2O3/c1-18(2,3)24-17(22)21-12-6-7-14-13-8-9-20-11-15(13)19(4,5)23-16(14)10-12/h6-11H,1-5H3,(H,21,22). The van der Waals surface area contributed by atoms with E-state index in [4.69, 9.17) is 9.47 Å². The maximum Gasteiger partial charge on any atom is 0.412 e. The summed E-state index contributed by atoms with van der Waals surface area (Å²) < 4.78 is 11.4. The van der Waals surface area contributed by atoms with Crippen molar-refractivity contribution in [1.29, 1.82) is 0 Å². The minimum absolute atomic E-state index is 0.484. The summed E-state index contributed by atoms with van der Waals surface area (Å²) in [6, 6.07) is 7.59. The van der Waals surface area contributed by atoms with Gasteiger partial charge in [-0.05, 0) is 58.4 Å². The molecule has 5 nitrogen and oxygen atoms in total. The summed E-state index contributed by atoms with van der Waals surface area (Å²) in [6.45, 7) is 9.50. The number of nitrogens with zero attached hydrogens (tertiary/aromatic N) is 1. The van der Waals surface area contributed by atoms with Gasteiger partial charge in [0.05, 0.1) is 0 Å². The predicted octanol–water partition coefficient (Wildman–Crippen LogP) is 4.72. The van der Waals surface area contributed by atoms with Crippen molar-refractivity contribution < 1.29 is 14.3 Å². The number of anilines is 1. The molecular weight excluding hydrogens is 304 g/mol. The van der Waals surface area contributed by atoms with Crippen LogP contribution >= 0.6 is 0 Å². The molecule has 1 aromatic carbocycles. The molecule has 1 N–H and O–H groups in total. The first-order valence-electron chi connectivity index (χ1n) is 7.94. The molecule has 0 saturated carbocycles. The van der Waals surface area contributed by atoms with Crippen LogP contribution in [-0.4, -0.2) is 16.7 Å². The molecule has 0 aliphatic carbocycles. The second-order valence-corrected chi connectivity index (χ2v) is 7.37. The maximum absolute atomic E-state index is 11.9. The number of hydrogen-bond acceptors (Lipinski definition) is 4. The fourth-order valence-corrected chi connectivity index (χ4v) is 2.77. The second kappa shape index (κ2) is 5.51. The Morgan fingerprint density at radius 2 is 1.96 bits per heavy atom. The van der Waals surface area contributed by atoms with E-state index in [0.29, 0.717) is 5.69 Å². The summed E-state index contributed by atoms with van der Waals surface area (Å²) in [7, 11) is 0. The average Bonchev–Trinajstić information content (AvgIpc) is 2.44. The summed E-state index contributed by atoms with van der Waals surface area (Å²) in [4.78, 5) is 16.1. The predicted molar refractivity (Wildman–Crippen MR) is 93.2 cm³/mol. The van der Waals surface area contributed by atoms with Gasteiger partial charge in [-0.1, -0.05) is 0 Å². The number of aromatic nitrogens is 1. The van der Waals surface area contributed by atoms with E-state index in [2.05, 4.69) is 10.3 Å². The van der Waals surface area contributed by atoms with Crippen LogP contribution in [0.3, 0.4) is 0 Å². The summed E-state index contributed by atoms with van der Waals surface area (Å²) in [5, 5.41) is 2.75. The monoisotopic (exact) mass is 326 g/mol. The molecule has 0 fully saturated rings. The quantitative estimate of drug-likeness (QED) is 0.823. The Morgan fingerprint density at radius 3 is 2.67 bits per heavy atom. The Bertz CT molecular complexity index is 791. The van der Waals surface area contributed by atoms with Crippen LogP contribution in [0.2, 0.25) is 0 Å². The van der Waals surface area contributed by atoms with E-state index < -0.39 is 17.3 Å². The van der Waals surface area contributed by atoms with E-state index >= 15 is 0 Å². The van der Waals surface area contributed by atoms with Gasteiger partial charge < -0.3 is 9.47 Å². The molecule has 0 spiro atoms. The zero-order chi connectivity index (χ0) is 17.5. The van der Waals surface area contributed by atoms with Crippen molar-refractivity contribution in [1.82, 2.24) is 4.98 Å². The first-order chi connectivity index (χ1) is 11.2. The van der Waals surface area contributed by atoms with E-state index in [1.807, 2.05) is 65.1 Å². The van der Waals surface area contributed by atoms with Crippen molar-refractivity contribution in [3.63, 3.8) is 0 Å². The minimum Gasteiger partial charge on any atom is -0.482 e. The molecule has 0 saturated heterocycles. The van der Waals surface area contributed by atoms with Gasteiger partial charge in [0.25, 0.3) is 0 Å². The first-order valence-corrected chi connectivity index (χ1v) is 7.94. The van der Waals surface area contributed by atoms with Crippen molar-refractivity contribution in [2.75, 3.05) is 5.32 Å². The van der Waals surface area contributed by atoms with Gasteiger partial charge in [-0.2, -0.15) is 0 Å². The number of rotatable bonds is 1. The van der Waals surface area contributed by atoms with Crippen LogP contribution in [0.5, 0.6) is 5.75 Å². The number of carbonyl (C=O) groups excluding carboxylic acids is 1. The third-order valence-electron chi connectivity index (χ3n) is 3.75. The van der Waals surface area contributed by atoms with Crippen LogP contribution in [0.4, 0.5) is 10.5 Å². The lowest BCUT2D eigenvalue weighted by atomic mass is 9.88. The summed E-state index contributed by atoms with van der Waals surface area (Å²) in [5.41, 5.74) is 2.74. The van der Waals surface area contributed by atoms with Crippen LogP contribution in [0, 0.1) is 0 Å². The molecule has 0 atom stereocenters. The van der Waals surface area contributed by atoms with Crippen LogP contribution in [0.25, 0.3) is 11.1 Å². The van der Waals surface area contributed by atoms with Gasteiger partial charge in [-0.25, -0.2) is 4.79 Å². The molecule has 0 radical (unpaired) electrons. The molecule has 5 heteroatoms. The zero-order valence-corrected chi connectivity index (χ0v) is 14.6. The molecule has 1 aromatic heterocycles. The number of carbonyl (C=O) groups is 1. The van der Waals surface area contributed by atoms with Gasteiger partial charge in [0.1, 0.15) is 17.0 Å². The van der Waals surface area contributed by atoms with Gasteiger partial charge >= 0.3 is 6.09 Å². The molecule has 3 rings (SSSR count). The Hall–Kier alpha value is -2.56. The lowest BCUT2D eigenvalue weighted by Gasteiger charge is -2.34. The van der Waals surface area contributed by atoms with Crippen molar-refractivity contribution in [2.24, 2.45) is 0 Å². The summed E-state index contributed by atoms with van der Waals surface area (Å²) in [5.74, 6) is 0.729. The highest BCUT2D eigenvalue weighted by atomic mass is 16.6. The van der Waals surface area contributed by atoms with Gasteiger partial charge in [-0.3, -0.25) is 10.3 Å². The lowest BCUT2D eigenvalue weighted by molar-refractivity contribution is 0.0636. The highest BCUT2D eigenvalue weighted by Crippen LogP contribution is 2.45. The Labute approximate surface area is 142 Å². The van der Waals surface area contributed by atoms with Gasteiger partial charge in [0, 0.05) is 35.3 Å². The number of benzene rings is 1. The fraction of sp³-hybridized carbons (Fsp3) is 0.368. The molecule has 2 aromatic rings. The molecule has 0 bridgehead atoms.